The Hall–Kier alpha value is -2.22. The number of allylic oxidation sites excluding steroid dienone is 2. The molecule has 0 spiro atoms. The normalized spacial score (nSPS) is 14.0. The van der Waals surface area contributed by atoms with Crippen molar-refractivity contribution in [1.82, 2.24) is 15.2 Å². The Kier molecular flexibility index (Phi) is 5.62. The molecule has 0 saturated carbocycles. The van der Waals surface area contributed by atoms with Gasteiger partial charge in [-0.25, -0.2) is 9.78 Å². The van der Waals surface area contributed by atoms with Crippen LogP contribution in [0.5, 0.6) is 0 Å². The number of carbonyl (C=O) groups is 3. The van der Waals surface area contributed by atoms with E-state index < -0.39 is 6.09 Å². The van der Waals surface area contributed by atoms with Crippen molar-refractivity contribution >= 4 is 29.0 Å². The summed E-state index contributed by atoms with van der Waals surface area (Å²) < 4.78 is 4.81. The van der Waals surface area contributed by atoms with Crippen LogP contribution in [0, 0.1) is 6.92 Å². The number of fused-ring (bicyclic) bond motifs is 1. The first-order valence-corrected chi connectivity index (χ1v) is 8.84. The highest BCUT2D eigenvalue weighted by atomic mass is 32.1. The van der Waals surface area contributed by atoms with E-state index in [9.17, 15) is 14.4 Å². The van der Waals surface area contributed by atoms with E-state index in [0.29, 0.717) is 29.4 Å². The highest BCUT2D eigenvalue weighted by Gasteiger charge is 2.30. The maximum absolute atomic E-state index is 12.4. The summed E-state index contributed by atoms with van der Waals surface area (Å²) in [6.07, 6.45) is 1.54. The fourth-order valence-corrected chi connectivity index (χ4v) is 3.37. The van der Waals surface area contributed by atoms with E-state index in [4.69, 9.17) is 4.74 Å². The maximum atomic E-state index is 12.4. The van der Waals surface area contributed by atoms with Crippen LogP contribution < -0.4 is 5.32 Å². The minimum atomic E-state index is -0.391. The Balaban J connectivity index is 1.95. The number of carbonyl (C=O) groups excluding carboxylic acids is 3. The lowest BCUT2D eigenvalue weighted by Crippen LogP contribution is -2.46. The number of rotatable bonds is 5. The largest absolute Gasteiger partial charge is 0.453 e. The van der Waals surface area contributed by atoms with Gasteiger partial charge in [-0.15, -0.1) is 11.3 Å². The Morgan fingerprint density at radius 1 is 1.36 bits per heavy atom. The molecular formula is C17H23N3O4S. The van der Waals surface area contributed by atoms with Crippen molar-refractivity contribution in [2.24, 2.45) is 0 Å². The maximum Gasteiger partial charge on any atom is 0.409 e. The summed E-state index contributed by atoms with van der Waals surface area (Å²) in [6.45, 7) is 8.47. The van der Waals surface area contributed by atoms with Gasteiger partial charge in [-0.05, 0) is 34.1 Å². The van der Waals surface area contributed by atoms with Gasteiger partial charge in [0.05, 0.1) is 17.8 Å². The van der Waals surface area contributed by atoms with Gasteiger partial charge in [0, 0.05) is 24.7 Å². The van der Waals surface area contributed by atoms with Gasteiger partial charge in [-0.1, -0.05) is 0 Å². The van der Waals surface area contributed by atoms with Crippen LogP contribution in [0.4, 0.5) is 4.79 Å². The van der Waals surface area contributed by atoms with Crippen LogP contribution in [-0.2, 0) is 4.74 Å². The molecule has 1 amide bonds. The fourth-order valence-electron chi connectivity index (χ4n) is 2.54. The Bertz CT molecular complexity index is 731. The molecule has 0 aromatic carbocycles. The Labute approximate surface area is 151 Å². The van der Waals surface area contributed by atoms with Gasteiger partial charge in [0.2, 0.25) is 5.78 Å². The second kappa shape index (κ2) is 7.35. The van der Waals surface area contributed by atoms with Crippen LogP contribution in [0.2, 0.25) is 0 Å². The highest BCUT2D eigenvalue weighted by molar-refractivity contribution is 7.14. The molecule has 7 nitrogen and oxygen atoms in total. The van der Waals surface area contributed by atoms with E-state index >= 15 is 0 Å². The summed E-state index contributed by atoms with van der Waals surface area (Å²) in [5, 5.41) is 3.69. The second-order valence-electron chi connectivity index (χ2n) is 6.73. The van der Waals surface area contributed by atoms with E-state index in [1.807, 2.05) is 20.8 Å². The monoisotopic (exact) mass is 365 g/mol. The number of aryl methyl sites for hydroxylation is 1. The van der Waals surface area contributed by atoms with Gasteiger partial charge in [-0.2, -0.15) is 0 Å². The molecule has 0 atom stereocenters. The molecule has 8 heteroatoms. The molecule has 0 bridgehead atoms. The van der Waals surface area contributed by atoms with Gasteiger partial charge < -0.3 is 15.0 Å². The zero-order chi connectivity index (χ0) is 18.8. The Morgan fingerprint density at radius 2 is 2.04 bits per heavy atom. The minimum Gasteiger partial charge on any atom is -0.453 e. The second-order valence-corrected chi connectivity index (χ2v) is 7.94. The van der Waals surface area contributed by atoms with Crippen molar-refractivity contribution in [3.63, 3.8) is 0 Å². The average molecular weight is 365 g/mol. The fraction of sp³-hybridized carbons (Fsp3) is 0.529. The third-order valence-electron chi connectivity index (χ3n) is 3.77. The number of amides is 1. The highest BCUT2D eigenvalue weighted by Crippen LogP contribution is 2.25. The lowest BCUT2D eigenvalue weighted by Gasteiger charge is -2.34. The smallest absolute Gasteiger partial charge is 0.409 e. The number of aromatic nitrogens is 1. The number of hydrogen-bond acceptors (Lipinski definition) is 7. The van der Waals surface area contributed by atoms with E-state index in [0.717, 1.165) is 0 Å². The van der Waals surface area contributed by atoms with E-state index in [1.54, 1.807) is 11.8 Å². The van der Waals surface area contributed by atoms with Crippen molar-refractivity contribution in [2.75, 3.05) is 20.2 Å². The van der Waals surface area contributed by atoms with Crippen molar-refractivity contribution in [3.05, 3.63) is 27.4 Å². The molecule has 1 aromatic heterocycles. The molecule has 1 aliphatic rings. The zero-order valence-corrected chi connectivity index (χ0v) is 16.0. The number of nitrogens with zero attached hydrogens (tertiary/aromatic N) is 2. The predicted octanol–water partition coefficient (Wildman–Crippen LogP) is 2.56. The first-order valence-electron chi connectivity index (χ1n) is 8.02. The van der Waals surface area contributed by atoms with Gasteiger partial charge in [0.1, 0.15) is 10.6 Å². The van der Waals surface area contributed by atoms with Crippen LogP contribution in [0.15, 0.2) is 11.8 Å². The first-order chi connectivity index (χ1) is 11.6. The molecule has 0 saturated heterocycles. The van der Waals surface area contributed by atoms with Gasteiger partial charge >= 0.3 is 6.09 Å². The number of Topliss-reactive ketones (excluding diaryl/α,β-unsaturated/α-hetero) is 1. The topological polar surface area (TPSA) is 88.6 Å². The summed E-state index contributed by atoms with van der Waals surface area (Å²) >= 11 is 1.23. The molecule has 1 aromatic rings. The van der Waals surface area contributed by atoms with Crippen LogP contribution in [-0.4, -0.2) is 53.3 Å². The van der Waals surface area contributed by atoms with Crippen LogP contribution in [0.3, 0.4) is 0 Å². The molecule has 0 radical (unpaired) electrons. The van der Waals surface area contributed by atoms with E-state index in [1.165, 1.54) is 24.5 Å². The molecular weight excluding hydrogens is 342 g/mol. The minimum absolute atomic E-state index is 0.200. The zero-order valence-electron chi connectivity index (χ0n) is 15.1. The quantitative estimate of drug-likeness (QED) is 0.807. The lowest BCUT2D eigenvalue weighted by molar-refractivity contribution is 0.0829. The molecule has 1 heterocycles. The predicted molar refractivity (Wildman–Crippen MR) is 95.1 cm³/mol. The van der Waals surface area contributed by atoms with Gasteiger partial charge in [0.15, 0.2) is 5.78 Å². The lowest BCUT2D eigenvalue weighted by atomic mass is 10.0. The molecule has 0 fully saturated rings. The molecule has 1 aliphatic carbocycles. The molecule has 1 N–H and O–H groups in total. The molecule has 25 heavy (non-hydrogen) atoms. The van der Waals surface area contributed by atoms with Crippen LogP contribution in [0.1, 0.15) is 52.4 Å². The van der Waals surface area contributed by atoms with Crippen molar-refractivity contribution in [1.29, 1.82) is 0 Å². The van der Waals surface area contributed by atoms with E-state index in [-0.39, 0.29) is 28.5 Å². The average Bonchev–Trinajstić information content (AvgIpc) is 2.92. The molecule has 136 valence electrons. The molecule has 2 rings (SSSR count). The van der Waals surface area contributed by atoms with Crippen LogP contribution >= 0.6 is 11.3 Å². The van der Waals surface area contributed by atoms with Crippen molar-refractivity contribution in [2.45, 2.75) is 39.7 Å². The third-order valence-corrected chi connectivity index (χ3v) is 4.76. The summed E-state index contributed by atoms with van der Waals surface area (Å²) in [6, 6.07) is 0. The summed E-state index contributed by atoms with van der Waals surface area (Å²) in [4.78, 5) is 42.5. The summed E-state index contributed by atoms with van der Waals surface area (Å²) in [5.41, 5.74) is 0.113. The van der Waals surface area contributed by atoms with Crippen molar-refractivity contribution in [3.8, 4) is 0 Å². The number of nitrogens with one attached hydrogen (secondary N) is 1. The first kappa shape index (κ1) is 19.1. The number of methoxy groups -OCH3 is 1. The number of ether oxygens (including phenoxy) is 1. The third kappa shape index (κ3) is 4.25. The standard InChI is InChI=1S/C17H23N3O4S/c1-10-19-13-14(22)11(9-12(21)15(13)25-10)18-7-6-8-20(16(23)24-5)17(2,3)4/h9,18H,6-8H2,1-5H3. The van der Waals surface area contributed by atoms with Gasteiger partial charge in [0.25, 0.3) is 0 Å². The summed E-state index contributed by atoms with van der Waals surface area (Å²) in [5.74, 6) is -0.465. The van der Waals surface area contributed by atoms with E-state index in [2.05, 4.69) is 10.3 Å². The van der Waals surface area contributed by atoms with Gasteiger partial charge in [-0.3, -0.25) is 9.59 Å². The molecule has 0 unspecified atom stereocenters. The van der Waals surface area contributed by atoms with Crippen molar-refractivity contribution < 1.29 is 19.1 Å². The summed E-state index contributed by atoms with van der Waals surface area (Å²) in [7, 11) is 1.35. The number of hydrogen-bond donors (Lipinski definition) is 1. The SMILES string of the molecule is COC(=O)N(CCCNC1=CC(=O)c2sc(C)nc2C1=O)C(C)(C)C. The Morgan fingerprint density at radius 3 is 2.64 bits per heavy atom. The number of ketones is 2. The van der Waals surface area contributed by atoms with Crippen LogP contribution in [0.25, 0.3) is 0 Å². The number of thiazole rings is 1. The molecule has 0 aliphatic heterocycles.